The largest absolute Gasteiger partial charge is 0.369 e. The van der Waals surface area contributed by atoms with Gasteiger partial charge in [-0.3, -0.25) is 9.69 Å². The second-order valence-electron chi connectivity index (χ2n) is 4.85. The fraction of sp³-hybridized carbons (Fsp3) is 0.400. The molecule has 0 fully saturated rings. The highest BCUT2D eigenvalue weighted by Crippen LogP contribution is 2.25. The van der Waals surface area contributed by atoms with Gasteiger partial charge in [0.05, 0.1) is 6.54 Å². The van der Waals surface area contributed by atoms with Crippen LogP contribution in [0.4, 0.5) is 0 Å². The average molecular weight is 244 g/mol. The Kier molecular flexibility index (Phi) is 4.15. The van der Waals surface area contributed by atoms with E-state index < -0.39 is 0 Å². The van der Waals surface area contributed by atoms with Gasteiger partial charge in [0.15, 0.2) is 0 Å². The van der Waals surface area contributed by atoms with Gasteiger partial charge in [0, 0.05) is 6.54 Å². The van der Waals surface area contributed by atoms with E-state index in [9.17, 15) is 4.79 Å². The topological polar surface area (TPSA) is 46.3 Å². The zero-order valence-electron chi connectivity index (χ0n) is 10.9. The number of rotatable bonds is 3. The highest BCUT2D eigenvalue weighted by atomic mass is 16.1. The summed E-state index contributed by atoms with van der Waals surface area (Å²) < 4.78 is 0. The molecule has 0 aliphatic carbocycles. The second-order valence-corrected chi connectivity index (χ2v) is 4.85. The van der Waals surface area contributed by atoms with Crippen molar-refractivity contribution in [2.45, 2.75) is 19.8 Å². The summed E-state index contributed by atoms with van der Waals surface area (Å²) in [5.74, 6) is -0.247. The molecule has 1 aromatic rings. The van der Waals surface area contributed by atoms with Crippen molar-refractivity contribution in [2.75, 3.05) is 19.6 Å². The van der Waals surface area contributed by atoms with Gasteiger partial charge in [-0.1, -0.05) is 30.3 Å². The lowest BCUT2D eigenvalue weighted by atomic mass is 9.97. The van der Waals surface area contributed by atoms with Gasteiger partial charge in [-0.15, -0.1) is 0 Å². The van der Waals surface area contributed by atoms with Gasteiger partial charge in [0.1, 0.15) is 0 Å². The van der Waals surface area contributed by atoms with E-state index in [0.29, 0.717) is 6.54 Å². The molecule has 0 saturated carbocycles. The van der Waals surface area contributed by atoms with Crippen LogP contribution >= 0.6 is 0 Å². The molecule has 0 atom stereocenters. The van der Waals surface area contributed by atoms with Crippen LogP contribution in [0.2, 0.25) is 0 Å². The van der Waals surface area contributed by atoms with Crippen LogP contribution in [0.1, 0.15) is 24.0 Å². The molecule has 2 N–H and O–H groups in total. The number of allylic oxidation sites excluding steroid dienone is 1. The summed E-state index contributed by atoms with van der Waals surface area (Å²) in [4.78, 5) is 13.1. The molecule has 0 aromatic heterocycles. The maximum absolute atomic E-state index is 10.9. The Labute approximate surface area is 108 Å². The third-order valence-electron chi connectivity index (χ3n) is 3.39. The van der Waals surface area contributed by atoms with Gasteiger partial charge in [-0.25, -0.2) is 0 Å². The fourth-order valence-electron chi connectivity index (χ4n) is 2.47. The van der Waals surface area contributed by atoms with E-state index in [-0.39, 0.29) is 5.91 Å². The molecule has 18 heavy (non-hydrogen) atoms. The molecule has 0 unspecified atom stereocenters. The summed E-state index contributed by atoms with van der Waals surface area (Å²) in [6.45, 7) is 4.25. The maximum Gasteiger partial charge on any atom is 0.231 e. The standard InChI is InChI=1S/C15H20N2O/c1-12-5-2-3-7-14(12)13-6-4-9-17(10-8-13)11-15(16)18/h2-3,5,7-8H,4,6,9-11H2,1H3,(H2,16,18). The quantitative estimate of drug-likeness (QED) is 0.883. The minimum absolute atomic E-state index is 0.247. The van der Waals surface area contributed by atoms with Crippen molar-refractivity contribution in [1.29, 1.82) is 0 Å². The van der Waals surface area contributed by atoms with E-state index in [2.05, 4.69) is 42.2 Å². The molecule has 1 aromatic carbocycles. The lowest BCUT2D eigenvalue weighted by Gasteiger charge is -2.15. The number of nitrogens with zero attached hydrogens (tertiary/aromatic N) is 1. The van der Waals surface area contributed by atoms with Gasteiger partial charge in [0.25, 0.3) is 0 Å². The number of hydrogen-bond donors (Lipinski definition) is 1. The molecule has 2 rings (SSSR count). The Hall–Kier alpha value is -1.61. The minimum Gasteiger partial charge on any atom is -0.369 e. The first-order valence-corrected chi connectivity index (χ1v) is 6.42. The van der Waals surface area contributed by atoms with Gasteiger partial charge >= 0.3 is 0 Å². The van der Waals surface area contributed by atoms with Crippen molar-refractivity contribution in [3.8, 4) is 0 Å². The molecule has 0 spiro atoms. The number of aryl methyl sites for hydroxylation is 1. The van der Waals surface area contributed by atoms with E-state index in [1.165, 1.54) is 16.7 Å². The van der Waals surface area contributed by atoms with Crippen molar-refractivity contribution in [3.63, 3.8) is 0 Å². The zero-order valence-corrected chi connectivity index (χ0v) is 10.9. The molecular formula is C15H20N2O. The Morgan fingerprint density at radius 2 is 2.17 bits per heavy atom. The third kappa shape index (κ3) is 3.20. The number of amides is 1. The summed E-state index contributed by atoms with van der Waals surface area (Å²) in [7, 11) is 0. The van der Waals surface area contributed by atoms with Crippen LogP contribution in [0.15, 0.2) is 30.3 Å². The number of nitrogens with two attached hydrogens (primary N) is 1. The number of primary amides is 1. The predicted octanol–water partition coefficient (Wildman–Crippen LogP) is 1.96. The monoisotopic (exact) mass is 244 g/mol. The lowest BCUT2D eigenvalue weighted by Crippen LogP contribution is -2.34. The summed E-state index contributed by atoms with van der Waals surface area (Å²) in [5.41, 5.74) is 9.28. The van der Waals surface area contributed by atoms with E-state index in [4.69, 9.17) is 5.73 Å². The molecular weight excluding hydrogens is 224 g/mol. The molecule has 1 amide bonds. The van der Waals surface area contributed by atoms with Crippen molar-refractivity contribution in [2.24, 2.45) is 5.73 Å². The summed E-state index contributed by atoms with van der Waals surface area (Å²) in [5, 5.41) is 0. The third-order valence-corrected chi connectivity index (χ3v) is 3.39. The Morgan fingerprint density at radius 1 is 1.39 bits per heavy atom. The van der Waals surface area contributed by atoms with E-state index in [0.717, 1.165) is 25.9 Å². The Balaban J connectivity index is 2.13. The van der Waals surface area contributed by atoms with Crippen molar-refractivity contribution in [3.05, 3.63) is 41.5 Å². The van der Waals surface area contributed by atoms with Crippen molar-refractivity contribution >= 4 is 11.5 Å². The minimum atomic E-state index is -0.247. The number of carbonyl (C=O) groups excluding carboxylic acids is 1. The summed E-state index contributed by atoms with van der Waals surface area (Å²) in [6.07, 6.45) is 4.38. The molecule has 96 valence electrons. The molecule has 3 heteroatoms. The van der Waals surface area contributed by atoms with Gasteiger partial charge < -0.3 is 5.73 Å². The van der Waals surface area contributed by atoms with Crippen LogP contribution in [0.5, 0.6) is 0 Å². The SMILES string of the molecule is Cc1ccccc1C1=CCN(CC(N)=O)CCC1. The van der Waals surface area contributed by atoms with Crippen LogP contribution in [0, 0.1) is 6.92 Å². The van der Waals surface area contributed by atoms with Crippen molar-refractivity contribution in [1.82, 2.24) is 4.90 Å². The first-order valence-electron chi connectivity index (χ1n) is 6.42. The molecule has 3 nitrogen and oxygen atoms in total. The lowest BCUT2D eigenvalue weighted by molar-refractivity contribution is -0.119. The average Bonchev–Trinajstić information content (AvgIpc) is 2.55. The number of benzene rings is 1. The van der Waals surface area contributed by atoms with E-state index in [1.807, 2.05) is 0 Å². The highest BCUT2D eigenvalue weighted by molar-refractivity contribution is 5.76. The fourth-order valence-corrected chi connectivity index (χ4v) is 2.47. The Morgan fingerprint density at radius 3 is 2.89 bits per heavy atom. The maximum atomic E-state index is 10.9. The second kappa shape index (κ2) is 5.83. The molecule has 0 saturated heterocycles. The van der Waals surface area contributed by atoms with E-state index in [1.54, 1.807) is 0 Å². The zero-order chi connectivity index (χ0) is 13.0. The molecule has 1 aliphatic heterocycles. The summed E-state index contributed by atoms with van der Waals surface area (Å²) in [6, 6.07) is 8.46. The van der Waals surface area contributed by atoms with Crippen LogP contribution < -0.4 is 5.73 Å². The molecule has 1 aliphatic rings. The van der Waals surface area contributed by atoms with Crippen LogP contribution in [-0.2, 0) is 4.79 Å². The number of hydrogen-bond acceptors (Lipinski definition) is 2. The van der Waals surface area contributed by atoms with Crippen LogP contribution in [0.25, 0.3) is 5.57 Å². The van der Waals surface area contributed by atoms with Gasteiger partial charge in [0.2, 0.25) is 5.91 Å². The van der Waals surface area contributed by atoms with Gasteiger partial charge in [-0.2, -0.15) is 0 Å². The molecule has 0 bridgehead atoms. The van der Waals surface area contributed by atoms with Crippen molar-refractivity contribution < 1.29 is 4.79 Å². The predicted molar refractivity (Wildman–Crippen MR) is 74.0 cm³/mol. The molecule has 0 radical (unpaired) electrons. The number of carbonyl (C=O) groups is 1. The Bertz CT molecular complexity index is 465. The summed E-state index contributed by atoms with van der Waals surface area (Å²) >= 11 is 0. The highest BCUT2D eigenvalue weighted by Gasteiger charge is 2.13. The molecule has 1 heterocycles. The van der Waals surface area contributed by atoms with E-state index >= 15 is 0 Å². The van der Waals surface area contributed by atoms with Gasteiger partial charge in [-0.05, 0) is 43.0 Å². The van der Waals surface area contributed by atoms with Crippen LogP contribution in [-0.4, -0.2) is 30.4 Å². The smallest absolute Gasteiger partial charge is 0.231 e. The van der Waals surface area contributed by atoms with Crippen LogP contribution in [0.3, 0.4) is 0 Å². The first kappa shape index (κ1) is 12.8. The normalized spacial score (nSPS) is 17.1. The first-order chi connectivity index (χ1) is 8.66.